The summed E-state index contributed by atoms with van der Waals surface area (Å²) in [6.45, 7) is 2.98. The Morgan fingerprint density at radius 2 is 2.43 bits per heavy atom. The predicted octanol–water partition coefficient (Wildman–Crippen LogP) is 0.0549. The summed E-state index contributed by atoms with van der Waals surface area (Å²) in [4.78, 5) is 8.10. The van der Waals surface area contributed by atoms with Gasteiger partial charge in [0.15, 0.2) is 0 Å². The van der Waals surface area contributed by atoms with E-state index >= 15 is 0 Å². The molecule has 0 bridgehead atoms. The standard InChI is InChI=1S/C9H12N2O3/c1-6-7(3-12)2-10-9(11-6)14-8-4-13-5-8/h2,8,12H,3-5H2,1H3. The number of aliphatic hydroxyl groups is 1. The third kappa shape index (κ3) is 1.83. The highest BCUT2D eigenvalue weighted by atomic mass is 16.6. The molecule has 0 saturated carbocycles. The molecule has 2 heterocycles. The maximum Gasteiger partial charge on any atom is 0.317 e. The first kappa shape index (κ1) is 9.36. The molecule has 0 atom stereocenters. The van der Waals surface area contributed by atoms with Crippen molar-refractivity contribution in [2.24, 2.45) is 0 Å². The van der Waals surface area contributed by atoms with Gasteiger partial charge in [0, 0.05) is 11.8 Å². The number of aromatic nitrogens is 2. The quantitative estimate of drug-likeness (QED) is 0.740. The summed E-state index contributed by atoms with van der Waals surface area (Å²) in [5.41, 5.74) is 1.47. The fourth-order valence-corrected chi connectivity index (χ4v) is 1.11. The van der Waals surface area contributed by atoms with E-state index in [1.54, 1.807) is 6.20 Å². The molecule has 14 heavy (non-hydrogen) atoms. The van der Waals surface area contributed by atoms with E-state index in [9.17, 15) is 0 Å². The van der Waals surface area contributed by atoms with Crippen molar-refractivity contribution < 1.29 is 14.6 Å². The van der Waals surface area contributed by atoms with Gasteiger partial charge in [-0.25, -0.2) is 9.97 Å². The summed E-state index contributed by atoms with van der Waals surface area (Å²) < 4.78 is 10.4. The van der Waals surface area contributed by atoms with Gasteiger partial charge in [0.2, 0.25) is 0 Å². The molecule has 1 fully saturated rings. The molecule has 2 rings (SSSR count). The zero-order valence-corrected chi connectivity index (χ0v) is 7.93. The Bertz CT molecular complexity index is 326. The fourth-order valence-electron chi connectivity index (χ4n) is 1.11. The van der Waals surface area contributed by atoms with Crippen LogP contribution in [-0.2, 0) is 11.3 Å². The molecule has 5 heteroatoms. The van der Waals surface area contributed by atoms with Crippen molar-refractivity contribution in [3.8, 4) is 6.01 Å². The van der Waals surface area contributed by atoms with Crippen molar-refractivity contribution in [2.75, 3.05) is 13.2 Å². The van der Waals surface area contributed by atoms with E-state index in [4.69, 9.17) is 14.6 Å². The van der Waals surface area contributed by atoms with Gasteiger partial charge in [-0.2, -0.15) is 0 Å². The van der Waals surface area contributed by atoms with Gasteiger partial charge >= 0.3 is 6.01 Å². The number of hydrogen-bond acceptors (Lipinski definition) is 5. The predicted molar refractivity (Wildman–Crippen MR) is 47.9 cm³/mol. The molecule has 1 aromatic heterocycles. The van der Waals surface area contributed by atoms with Gasteiger partial charge in [0.25, 0.3) is 0 Å². The summed E-state index contributed by atoms with van der Waals surface area (Å²) in [5.74, 6) is 0. The van der Waals surface area contributed by atoms with Gasteiger partial charge in [-0.1, -0.05) is 0 Å². The maximum absolute atomic E-state index is 8.91. The molecule has 76 valence electrons. The summed E-state index contributed by atoms with van der Waals surface area (Å²) in [7, 11) is 0. The molecule has 0 aliphatic carbocycles. The Labute approximate surface area is 81.7 Å². The van der Waals surface area contributed by atoms with Gasteiger partial charge in [0.1, 0.15) is 6.10 Å². The monoisotopic (exact) mass is 196 g/mol. The van der Waals surface area contributed by atoms with E-state index in [2.05, 4.69) is 9.97 Å². The molecule has 0 unspecified atom stereocenters. The smallest absolute Gasteiger partial charge is 0.317 e. The molecular formula is C9H12N2O3. The van der Waals surface area contributed by atoms with Crippen LogP contribution in [0.25, 0.3) is 0 Å². The molecule has 1 saturated heterocycles. The Hall–Kier alpha value is -1.20. The lowest BCUT2D eigenvalue weighted by atomic mass is 10.3. The Morgan fingerprint density at radius 3 is 2.93 bits per heavy atom. The largest absolute Gasteiger partial charge is 0.455 e. The minimum atomic E-state index is -0.0430. The zero-order chi connectivity index (χ0) is 9.97. The molecule has 0 radical (unpaired) electrons. The Kier molecular flexibility index (Phi) is 2.60. The summed E-state index contributed by atoms with van der Waals surface area (Å²) in [5, 5.41) is 8.91. The molecule has 0 aromatic carbocycles. The van der Waals surface area contributed by atoms with Crippen molar-refractivity contribution in [3.63, 3.8) is 0 Å². The van der Waals surface area contributed by atoms with Crippen LogP contribution in [0.5, 0.6) is 6.01 Å². The minimum Gasteiger partial charge on any atom is -0.455 e. The third-order valence-electron chi connectivity index (χ3n) is 2.11. The molecule has 1 aromatic rings. The molecule has 0 spiro atoms. The van der Waals surface area contributed by atoms with Crippen LogP contribution in [0.3, 0.4) is 0 Å². The van der Waals surface area contributed by atoms with Crippen LogP contribution < -0.4 is 4.74 Å². The summed E-state index contributed by atoms with van der Waals surface area (Å²) in [6, 6.07) is 0.355. The maximum atomic E-state index is 8.91. The molecule has 5 nitrogen and oxygen atoms in total. The fraction of sp³-hybridized carbons (Fsp3) is 0.556. The highest BCUT2D eigenvalue weighted by Gasteiger charge is 2.21. The molecule has 0 amide bonds. The van der Waals surface area contributed by atoms with Gasteiger partial charge in [-0.05, 0) is 6.92 Å². The van der Waals surface area contributed by atoms with E-state index in [1.807, 2.05) is 6.92 Å². The topological polar surface area (TPSA) is 64.5 Å². The van der Waals surface area contributed by atoms with Crippen LogP contribution in [0.4, 0.5) is 0 Å². The van der Waals surface area contributed by atoms with Crippen LogP contribution in [0, 0.1) is 6.92 Å². The van der Waals surface area contributed by atoms with Gasteiger partial charge < -0.3 is 14.6 Å². The van der Waals surface area contributed by atoms with Crippen LogP contribution in [0.1, 0.15) is 11.3 Å². The lowest BCUT2D eigenvalue weighted by molar-refractivity contribution is -0.0832. The van der Waals surface area contributed by atoms with E-state index in [-0.39, 0.29) is 12.7 Å². The first-order chi connectivity index (χ1) is 6.79. The highest BCUT2D eigenvalue weighted by molar-refractivity contribution is 5.16. The second-order valence-electron chi connectivity index (χ2n) is 3.20. The van der Waals surface area contributed by atoms with Crippen molar-refractivity contribution in [2.45, 2.75) is 19.6 Å². The van der Waals surface area contributed by atoms with E-state index in [1.165, 1.54) is 0 Å². The third-order valence-corrected chi connectivity index (χ3v) is 2.11. The highest BCUT2D eigenvalue weighted by Crippen LogP contribution is 2.13. The Morgan fingerprint density at radius 1 is 1.64 bits per heavy atom. The number of aryl methyl sites for hydroxylation is 1. The molecule has 1 aliphatic heterocycles. The number of hydrogen-bond donors (Lipinski definition) is 1. The summed E-state index contributed by atoms with van der Waals surface area (Å²) in [6.07, 6.45) is 1.66. The van der Waals surface area contributed by atoms with Crippen molar-refractivity contribution in [1.82, 2.24) is 9.97 Å². The Balaban J connectivity index is 2.07. The average molecular weight is 196 g/mol. The number of ether oxygens (including phenoxy) is 2. The van der Waals surface area contributed by atoms with Crippen molar-refractivity contribution in [3.05, 3.63) is 17.5 Å². The van der Waals surface area contributed by atoms with Crippen LogP contribution in [0.15, 0.2) is 6.20 Å². The van der Waals surface area contributed by atoms with E-state index in [0.717, 1.165) is 11.3 Å². The molecule has 1 N–H and O–H groups in total. The lowest BCUT2D eigenvalue weighted by Gasteiger charge is -2.25. The van der Waals surface area contributed by atoms with Crippen LogP contribution >= 0.6 is 0 Å². The van der Waals surface area contributed by atoms with E-state index < -0.39 is 0 Å². The van der Waals surface area contributed by atoms with Gasteiger partial charge in [0.05, 0.1) is 25.5 Å². The van der Waals surface area contributed by atoms with Gasteiger partial charge in [-0.15, -0.1) is 0 Å². The zero-order valence-electron chi connectivity index (χ0n) is 7.93. The summed E-state index contributed by atoms with van der Waals surface area (Å²) >= 11 is 0. The average Bonchev–Trinajstić information content (AvgIpc) is 2.12. The van der Waals surface area contributed by atoms with Gasteiger partial charge in [-0.3, -0.25) is 0 Å². The second-order valence-corrected chi connectivity index (χ2v) is 3.20. The minimum absolute atomic E-state index is 0.0430. The number of nitrogens with zero attached hydrogens (tertiary/aromatic N) is 2. The van der Waals surface area contributed by atoms with E-state index in [0.29, 0.717) is 19.2 Å². The first-order valence-electron chi connectivity index (χ1n) is 4.47. The lowest BCUT2D eigenvalue weighted by Crippen LogP contribution is -2.39. The molecular weight excluding hydrogens is 184 g/mol. The van der Waals surface area contributed by atoms with Crippen LogP contribution in [-0.4, -0.2) is 34.4 Å². The van der Waals surface area contributed by atoms with Crippen molar-refractivity contribution >= 4 is 0 Å². The second kappa shape index (κ2) is 3.89. The van der Waals surface area contributed by atoms with Crippen molar-refractivity contribution in [1.29, 1.82) is 0 Å². The SMILES string of the molecule is Cc1nc(OC2COC2)ncc1CO. The number of aliphatic hydroxyl groups excluding tert-OH is 1. The first-order valence-corrected chi connectivity index (χ1v) is 4.47. The molecule has 1 aliphatic rings. The number of rotatable bonds is 3. The normalized spacial score (nSPS) is 16.4. The van der Waals surface area contributed by atoms with Crippen LogP contribution in [0.2, 0.25) is 0 Å².